The van der Waals surface area contributed by atoms with E-state index in [0.29, 0.717) is 11.7 Å². The highest BCUT2D eigenvalue weighted by atomic mass is 32.2. The second-order valence-electron chi connectivity index (χ2n) is 10.7. The SMILES string of the molecule is CCSCC(CCc1ccc(C(=O)N[C@@H](CCS(C)(=O)=O)C(=O)O)c(-c2ccccc2C)c1)OC1CCCCC1. The summed E-state index contributed by atoms with van der Waals surface area (Å²) in [4.78, 5) is 25.1. The zero-order chi connectivity index (χ0) is 29.1. The number of carbonyl (C=O) groups is 2. The molecule has 1 amide bonds. The van der Waals surface area contributed by atoms with Gasteiger partial charge in [0.05, 0.1) is 18.0 Å². The number of carboxylic acids is 1. The van der Waals surface area contributed by atoms with E-state index in [9.17, 15) is 23.1 Å². The van der Waals surface area contributed by atoms with Crippen LogP contribution in [0.2, 0.25) is 0 Å². The van der Waals surface area contributed by atoms with Gasteiger partial charge < -0.3 is 15.2 Å². The van der Waals surface area contributed by atoms with Crippen molar-refractivity contribution in [1.29, 1.82) is 0 Å². The molecule has 9 heteroatoms. The van der Waals surface area contributed by atoms with Gasteiger partial charge in [0, 0.05) is 17.6 Å². The first-order valence-electron chi connectivity index (χ1n) is 14.2. The summed E-state index contributed by atoms with van der Waals surface area (Å²) in [5, 5.41) is 12.2. The maximum absolute atomic E-state index is 13.4. The lowest BCUT2D eigenvalue weighted by molar-refractivity contribution is -0.139. The normalized spacial score (nSPS) is 15.9. The third-order valence-corrected chi connectivity index (χ3v) is 9.34. The molecule has 7 nitrogen and oxygen atoms in total. The Hall–Kier alpha value is -2.36. The second kappa shape index (κ2) is 15.6. The Morgan fingerprint density at radius 1 is 1.07 bits per heavy atom. The Kier molecular flexibility index (Phi) is 12.5. The summed E-state index contributed by atoms with van der Waals surface area (Å²) in [5.74, 6) is -0.118. The zero-order valence-electron chi connectivity index (χ0n) is 23.9. The molecule has 0 radical (unpaired) electrons. The van der Waals surface area contributed by atoms with Crippen molar-refractivity contribution in [3.8, 4) is 11.1 Å². The van der Waals surface area contributed by atoms with Gasteiger partial charge in [0.1, 0.15) is 15.9 Å². The fourth-order valence-electron chi connectivity index (χ4n) is 5.11. The summed E-state index contributed by atoms with van der Waals surface area (Å²) in [7, 11) is -3.37. The van der Waals surface area contributed by atoms with Gasteiger partial charge in [-0.05, 0) is 73.1 Å². The molecule has 1 unspecified atom stereocenters. The van der Waals surface area contributed by atoms with Gasteiger partial charge >= 0.3 is 5.97 Å². The monoisotopic (exact) mass is 589 g/mol. The van der Waals surface area contributed by atoms with Crippen LogP contribution < -0.4 is 5.32 Å². The molecular formula is C31H43NO6S2. The number of benzene rings is 2. The summed E-state index contributed by atoms with van der Waals surface area (Å²) in [6, 6.07) is 12.2. The summed E-state index contributed by atoms with van der Waals surface area (Å²) in [5.41, 5.74) is 4.07. The molecule has 0 heterocycles. The predicted octanol–water partition coefficient (Wildman–Crippen LogP) is 5.68. The van der Waals surface area contributed by atoms with Gasteiger partial charge in [-0.3, -0.25) is 4.79 Å². The first-order valence-corrected chi connectivity index (χ1v) is 17.4. The van der Waals surface area contributed by atoms with Gasteiger partial charge in [0.15, 0.2) is 0 Å². The molecule has 1 saturated carbocycles. The quantitative estimate of drug-likeness (QED) is 0.275. The van der Waals surface area contributed by atoms with E-state index < -0.39 is 27.8 Å². The molecule has 0 spiro atoms. The number of sulfone groups is 1. The molecule has 2 N–H and O–H groups in total. The summed E-state index contributed by atoms with van der Waals surface area (Å²) >= 11 is 1.90. The van der Waals surface area contributed by atoms with Crippen molar-refractivity contribution in [3.63, 3.8) is 0 Å². The fraction of sp³-hybridized carbons (Fsp3) is 0.548. The number of carbonyl (C=O) groups excluding carboxylic acids is 1. The molecule has 0 bridgehead atoms. The number of ether oxygens (including phenoxy) is 1. The van der Waals surface area contributed by atoms with Gasteiger partial charge in [-0.2, -0.15) is 11.8 Å². The smallest absolute Gasteiger partial charge is 0.326 e. The average molecular weight is 590 g/mol. The van der Waals surface area contributed by atoms with E-state index in [1.54, 1.807) is 6.07 Å². The van der Waals surface area contributed by atoms with E-state index >= 15 is 0 Å². The number of aliphatic carboxylic acids is 1. The van der Waals surface area contributed by atoms with Crippen LogP contribution in [0.4, 0.5) is 0 Å². The lowest BCUT2D eigenvalue weighted by atomic mass is 9.92. The number of carboxylic acid groups (broad SMARTS) is 1. The Bertz CT molecular complexity index is 1240. The highest BCUT2D eigenvalue weighted by Gasteiger charge is 2.25. The van der Waals surface area contributed by atoms with Crippen LogP contribution in [0, 0.1) is 6.92 Å². The largest absolute Gasteiger partial charge is 0.480 e. The number of aryl methyl sites for hydroxylation is 2. The van der Waals surface area contributed by atoms with Crippen molar-refractivity contribution in [3.05, 3.63) is 59.2 Å². The Labute approximate surface area is 243 Å². The number of nitrogens with one attached hydrogen (secondary N) is 1. The summed E-state index contributed by atoms with van der Waals surface area (Å²) < 4.78 is 29.7. The number of hydrogen-bond donors (Lipinski definition) is 2. The van der Waals surface area contributed by atoms with Crippen LogP contribution in [0.15, 0.2) is 42.5 Å². The molecule has 40 heavy (non-hydrogen) atoms. The van der Waals surface area contributed by atoms with E-state index in [4.69, 9.17) is 4.74 Å². The van der Waals surface area contributed by atoms with Gasteiger partial charge in [-0.15, -0.1) is 0 Å². The molecule has 2 aromatic carbocycles. The second-order valence-corrected chi connectivity index (χ2v) is 14.3. The van der Waals surface area contributed by atoms with E-state index in [2.05, 4.69) is 12.2 Å². The Morgan fingerprint density at radius 3 is 2.45 bits per heavy atom. The molecule has 2 atom stereocenters. The van der Waals surface area contributed by atoms with Crippen LogP contribution in [0.25, 0.3) is 11.1 Å². The fourth-order valence-corrected chi connectivity index (χ4v) is 6.52. The Morgan fingerprint density at radius 2 is 1.80 bits per heavy atom. The molecule has 0 saturated heterocycles. The lowest BCUT2D eigenvalue weighted by Gasteiger charge is -2.27. The first-order chi connectivity index (χ1) is 19.1. The van der Waals surface area contributed by atoms with Crippen molar-refractivity contribution in [1.82, 2.24) is 5.32 Å². The molecule has 220 valence electrons. The van der Waals surface area contributed by atoms with Crippen molar-refractivity contribution >= 4 is 33.5 Å². The minimum absolute atomic E-state index is 0.170. The topological polar surface area (TPSA) is 110 Å². The molecule has 1 fully saturated rings. The highest BCUT2D eigenvalue weighted by molar-refractivity contribution is 7.99. The minimum atomic E-state index is -3.37. The van der Waals surface area contributed by atoms with Crippen molar-refractivity contribution in [2.24, 2.45) is 0 Å². The molecule has 1 aliphatic rings. The number of rotatable bonds is 15. The summed E-state index contributed by atoms with van der Waals surface area (Å²) in [6.45, 7) is 4.14. The molecule has 0 aromatic heterocycles. The third kappa shape index (κ3) is 10.2. The molecule has 2 aromatic rings. The molecule has 0 aliphatic heterocycles. The maximum Gasteiger partial charge on any atom is 0.326 e. The average Bonchev–Trinajstić information content (AvgIpc) is 2.92. The number of hydrogen-bond acceptors (Lipinski definition) is 6. The van der Waals surface area contributed by atoms with Gasteiger partial charge in [-0.25, -0.2) is 13.2 Å². The van der Waals surface area contributed by atoms with Crippen LogP contribution >= 0.6 is 11.8 Å². The highest BCUT2D eigenvalue weighted by Crippen LogP contribution is 2.30. The number of amides is 1. The van der Waals surface area contributed by atoms with E-state index in [0.717, 1.165) is 65.7 Å². The van der Waals surface area contributed by atoms with Crippen molar-refractivity contribution in [2.45, 2.75) is 83.5 Å². The van der Waals surface area contributed by atoms with Crippen LogP contribution in [-0.2, 0) is 25.8 Å². The predicted molar refractivity (Wildman–Crippen MR) is 163 cm³/mol. The first kappa shape index (κ1) is 32.2. The third-order valence-electron chi connectivity index (χ3n) is 7.34. The maximum atomic E-state index is 13.4. The summed E-state index contributed by atoms with van der Waals surface area (Å²) in [6.07, 6.45) is 9.08. The van der Waals surface area contributed by atoms with E-state index in [-0.39, 0.29) is 18.3 Å². The van der Waals surface area contributed by atoms with E-state index in [1.807, 2.05) is 55.1 Å². The van der Waals surface area contributed by atoms with E-state index in [1.165, 1.54) is 19.3 Å². The minimum Gasteiger partial charge on any atom is -0.480 e. The van der Waals surface area contributed by atoms with Crippen molar-refractivity contribution in [2.75, 3.05) is 23.5 Å². The standard InChI is InChI=1S/C31H43NO6S2/c1-4-39-21-25(38-24-11-6-5-7-12-24)16-14-23-15-17-27(28(20-23)26-13-9-8-10-22(26)2)30(33)32-29(31(34)35)18-19-40(3,36)37/h8-10,13,15,17,20,24-25,29H,4-7,11-12,14,16,18-19,21H2,1-3H3,(H,32,33)(H,34,35)/t25?,29-/m0/s1. The van der Waals surface area contributed by atoms with Gasteiger partial charge in [0.25, 0.3) is 5.91 Å². The van der Waals surface area contributed by atoms with Crippen molar-refractivity contribution < 1.29 is 27.9 Å². The van der Waals surface area contributed by atoms with Gasteiger partial charge in [-0.1, -0.05) is 62.6 Å². The van der Waals surface area contributed by atoms with Crippen LogP contribution in [0.3, 0.4) is 0 Å². The number of thioether (sulfide) groups is 1. The van der Waals surface area contributed by atoms with Crippen LogP contribution in [0.1, 0.15) is 73.4 Å². The molecule has 1 aliphatic carbocycles. The van der Waals surface area contributed by atoms with Crippen LogP contribution in [0.5, 0.6) is 0 Å². The molecule has 3 rings (SSSR count). The molecular weight excluding hydrogens is 546 g/mol. The van der Waals surface area contributed by atoms with Crippen LogP contribution in [-0.4, -0.2) is 67.2 Å². The van der Waals surface area contributed by atoms with Gasteiger partial charge in [0.2, 0.25) is 0 Å². The zero-order valence-corrected chi connectivity index (χ0v) is 25.5. The lowest BCUT2D eigenvalue weighted by Crippen LogP contribution is -2.42. The Balaban J connectivity index is 1.83.